The van der Waals surface area contributed by atoms with Gasteiger partial charge in [0.2, 0.25) is 0 Å². The Morgan fingerprint density at radius 1 is 1.62 bits per heavy atom. The van der Waals surface area contributed by atoms with Crippen molar-refractivity contribution in [2.24, 2.45) is 7.05 Å². The molecule has 4 nitrogen and oxygen atoms in total. The maximum atomic E-state index is 5.52. The summed E-state index contributed by atoms with van der Waals surface area (Å²) >= 11 is 0. The van der Waals surface area contributed by atoms with Gasteiger partial charge >= 0.3 is 0 Å². The standard InChI is InChI=1S/C12H21N3O/c1-10-9-12(5-8-16-10)13-6-3-11-4-7-15(2)14-11/h4,7,10,12-13H,3,5-6,8-9H2,1-2H3. The molecule has 0 saturated carbocycles. The zero-order valence-electron chi connectivity index (χ0n) is 10.1. The number of hydrogen-bond acceptors (Lipinski definition) is 3. The average molecular weight is 223 g/mol. The van der Waals surface area contributed by atoms with E-state index in [1.54, 1.807) is 0 Å². The fourth-order valence-electron chi connectivity index (χ4n) is 2.18. The van der Waals surface area contributed by atoms with Crippen LogP contribution in [0.1, 0.15) is 25.5 Å². The van der Waals surface area contributed by atoms with Gasteiger partial charge in [0.1, 0.15) is 0 Å². The fraction of sp³-hybridized carbons (Fsp3) is 0.750. The SMILES string of the molecule is CC1CC(NCCc2ccn(C)n2)CCO1. The topological polar surface area (TPSA) is 39.1 Å². The molecule has 0 amide bonds. The van der Waals surface area contributed by atoms with E-state index in [1.807, 2.05) is 17.9 Å². The number of hydrogen-bond donors (Lipinski definition) is 1. The molecule has 0 aromatic carbocycles. The normalized spacial score (nSPS) is 25.9. The number of rotatable bonds is 4. The maximum absolute atomic E-state index is 5.52. The van der Waals surface area contributed by atoms with Gasteiger partial charge in [-0.1, -0.05) is 0 Å². The molecule has 0 aliphatic carbocycles. The molecule has 4 heteroatoms. The molecule has 0 bridgehead atoms. The minimum atomic E-state index is 0.404. The average Bonchev–Trinajstić information content (AvgIpc) is 2.64. The predicted molar refractivity (Wildman–Crippen MR) is 63.4 cm³/mol. The molecule has 1 aliphatic heterocycles. The first kappa shape index (κ1) is 11.6. The van der Waals surface area contributed by atoms with Crippen LogP contribution in [0, 0.1) is 0 Å². The number of ether oxygens (including phenoxy) is 1. The van der Waals surface area contributed by atoms with Crippen molar-refractivity contribution in [2.45, 2.75) is 38.3 Å². The van der Waals surface area contributed by atoms with Crippen LogP contribution >= 0.6 is 0 Å². The van der Waals surface area contributed by atoms with E-state index in [0.29, 0.717) is 12.1 Å². The summed E-state index contributed by atoms with van der Waals surface area (Å²) in [4.78, 5) is 0. The lowest BCUT2D eigenvalue weighted by molar-refractivity contribution is 0.0135. The summed E-state index contributed by atoms with van der Waals surface area (Å²) in [7, 11) is 1.96. The number of aryl methyl sites for hydroxylation is 1. The second kappa shape index (κ2) is 5.46. The van der Waals surface area contributed by atoms with E-state index in [4.69, 9.17) is 4.74 Å². The third kappa shape index (κ3) is 3.32. The highest BCUT2D eigenvalue weighted by Crippen LogP contribution is 2.12. The second-order valence-corrected chi connectivity index (χ2v) is 4.59. The Hall–Kier alpha value is -0.870. The highest BCUT2D eigenvalue weighted by Gasteiger charge is 2.18. The Morgan fingerprint density at radius 3 is 3.19 bits per heavy atom. The first-order valence-electron chi connectivity index (χ1n) is 6.07. The van der Waals surface area contributed by atoms with Crippen LogP contribution in [-0.2, 0) is 18.2 Å². The highest BCUT2D eigenvalue weighted by molar-refractivity contribution is 4.99. The van der Waals surface area contributed by atoms with Crippen LogP contribution in [-0.4, -0.2) is 35.1 Å². The van der Waals surface area contributed by atoms with Crippen molar-refractivity contribution < 1.29 is 4.74 Å². The zero-order chi connectivity index (χ0) is 11.4. The molecule has 2 heterocycles. The lowest BCUT2D eigenvalue weighted by Gasteiger charge is -2.27. The van der Waals surface area contributed by atoms with Gasteiger partial charge in [0.05, 0.1) is 11.8 Å². The Balaban J connectivity index is 1.67. The molecule has 2 atom stereocenters. The molecule has 1 aromatic heterocycles. The number of nitrogens with zero attached hydrogens (tertiary/aromatic N) is 2. The Morgan fingerprint density at radius 2 is 2.50 bits per heavy atom. The van der Waals surface area contributed by atoms with Crippen LogP contribution in [0.2, 0.25) is 0 Å². The molecule has 0 radical (unpaired) electrons. The van der Waals surface area contributed by atoms with Crippen LogP contribution in [0.4, 0.5) is 0 Å². The molecule has 1 aromatic rings. The van der Waals surface area contributed by atoms with Gasteiger partial charge < -0.3 is 10.1 Å². The first-order chi connectivity index (χ1) is 7.74. The van der Waals surface area contributed by atoms with E-state index in [2.05, 4.69) is 23.4 Å². The third-order valence-corrected chi connectivity index (χ3v) is 3.07. The second-order valence-electron chi connectivity index (χ2n) is 4.59. The van der Waals surface area contributed by atoms with Crippen LogP contribution in [0.15, 0.2) is 12.3 Å². The Bertz CT molecular complexity index is 324. The van der Waals surface area contributed by atoms with Crippen LogP contribution in [0.5, 0.6) is 0 Å². The molecule has 1 aliphatic rings. The molecule has 2 unspecified atom stereocenters. The van der Waals surface area contributed by atoms with E-state index in [9.17, 15) is 0 Å². The van der Waals surface area contributed by atoms with Gasteiger partial charge in [-0.25, -0.2) is 0 Å². The predicted octanol–water partition coefficient (Wildman–Crippen LogP) is 1.12. The van der Waals surface area contributed by atoms with Gasteiger partial charge in [0, 0.05) is 38.9 Å². The smallest absolute Gasteiger partial charge is 0.0637 e. The van der Waals surface area contributed by atoms with Gasteiger partial charge in [-0.15, -0.1) is 0 Å². The van der Waals surface area contributed by atoms with Crippen LogP contribution < -0.4 is 5.32 Å². The van der Waals surface area contributed by atoms with Gasteiger partial charge in [-0.05, 0) is 25.8 Å². The highest BCUT2D eigenvalue weighted by atomic mass is 16.5. The van der Waals surface area contributed by atoms with Gasteiger partial charge in [-0.2, -0.15) is 5.10 Å². The van der Waals surface area contributed by atoms with E-state index >= 15 is 0 Å². The van der Waals surface area contributed by atoms with Crippen LogP contribution in [0.25, 0.3) is 0 Å². The molecule has 1 N–H and O–H groups in total. The molecule has 1 saturated heterocycles. The van der Waals surface area contributed by atoms with E-state index in [0.717, 1.165) is 38.1 Å². The van der Waals surface area contributed by atoms with Gasteiger partial charge in [-0.3, -0.25) is 4.68 Å². The zero-order valence-corrected chi connectivity index (χ0v) is 10.1. The number of aromatic nitrogens is 2. The van der Waals surface area contributed by atoms with Crippen molar-refractivity contribution in [3.05, 3.63) is 18.0 Å². The third-order valence-electron chi connectivity index (χ3n) is 3.07. The fourth-order valence-corrected chi connectivity index (χ4v) is 2.18. The van der Waals surface area contributed by atoms with Crippen molar-refractivity contribution in [1.82, 2.24) is 15.1 Å². The van der Waals surface area contributed by atoms with Crippen molar-refractivity contribution in [1.29, 1.82) is 0 Å². The maximum Gasteiger partial charge on any atom is 0.0637 e. The van der Waals surface area contributed by atoms with Crippen LogP contribution in [0.3, 0.4) is 0 Å². The van der Waals surface area contributed by atoms with Crippen molar-refractivity contribution in [3.63, 3.8) is 0 Å². The summed E-state index contributed by atoms with van der Waals surface area (Å²) in [6.07, 6.45) is 5.66. The number of nitrogens with one attached hydrogen (secondary N) is 1. The monoisotopic (exact) mass is 223 g/mol. The van der Waals surface area contributed by atoms with Gasteiger partial charge in [0.15, 0.2) is 0 Å². The lowest BCUT2D eigenvalue weighted by atomic mass is 10.0. The minimum Gasteiger partial charge on any atom is -0.378 e. The molecule has 2 rings (SSSR count). The summed E-state index contributed by atoms with van der Waals surface area (Å²) in [5.74, 6) is 0. The Kier molecular flexibility index (Phi) is 3.96. The summed E-state index contributed by atoms with van der Waals surface area (Å²) in [5, 5.41) is 7.94. The summed E-state index contributed by atoms with van der Waals surface area (Å²) in [6, 6.07) is 2.70. The first-order valence-corrected chi connectivity index (χ1v) is 6.07. The van der Waals surface area contributed by atoms with E-state index < -0.39 is 0 Å². The molecule has 1 fully saturated rings. The quantitative estimate of drug-likeness (QED) is 0.831. The van der Waals surface area contributed by atoms with Crippen molar-refractivity contribution >= 4 is 0 Å². The summed E-state index contributed by atoms with van der Waals surface area (Å²) in [6.45, 7) is 4.05. The molecule has 90 valence electrons. The molecular formula is C12H21N3O. The van der Waals surface area contributed by atoms with Crippen molar-refractivity contribution in [2.75, 3.05) is 13.2 Å². The summed E-state index contributed by atoms with van der Waals surface area (Å²) in [5.41, 5.74) is 1.16. The van der Waals surface area contributed by atoms with Crippen molar-refractivity contribution in [3.8, 4) is 0 Å². The molecular weight excluding hydrogens is 202 g/mol. The molecule has 16 heavy (non-hydrogen) atoms. The molecule has 0 spiro atoms. The minimum absolute atomic E-state index is 0.404. The van der Waals surface area contributed by atoms with E-state index in [-0.39, 0.29) is 0 Å². The largest absolute Gasteiger partial charge is 0.378 e. The summed E-state index contributed by atoms with van der Waals surface area (Å²) < 4.78 is 7.37. The lowest BCUT2D eigenvalue weighted by Crippen LogP contribution is -2.38. The van der Waals surface area contributed by atoms with Gasteiger partial charge in [0.25, 0.3) is 0 Å². The van der Waals surface area contributed by atoms with E-state index in [1.165, 1.54) is 0 Å². The Labute approximate surface area is 97.0 Å².